The minimum Gasteiger partial charge on any atom is -0.460 e. The van der Waals surface area contributed by atoms with E-state index in [0.717, 1.165) is 10.8 Å². The number of nitrogens with one attached hydrogen (secondary N) is 7. The van der Waals surface area contributed by atoms with E-state index in [1.54, 1.807) is 41.5 Å². The van der Waals surface area contributed by atoms with Crippen molar-refractivity contribution in [2.75, 3.05) is 19.6 Å². The molecule has 1 aliphatic heterocycles. The van der Waals surface area contributed by atoms with E-state index in [0.29, 0.717) is 31.4 Å². The summed E-state index contributed by atoms with van der Waals surface area (Å²) in [5.41, 5.74) is 4.71. The van der Waals surface area contributed by atoms with Gasteiger partial charge in [-0.05, 0) is 90.0 Å². The maximum Gasteiger partial charge on any atom is 0.407 e. The fourth-order valence-electron chi connectivity index (χ4n) is 5.99. The highest BCUT2D eigenvalue weighted by Crippen LogP contribution is 2.18. The maximum atomic E-state index is 14.3. The van der Waals surface area contributed by atoms with Crippen LogP contribution in [0.4, 0.5) is 4.79 Å². The molecular formula is C41H60N8O9. The molecule has 0 aromatic heterocycles. The molecule has 2 aromatic rings. The van der Waals surface area contributed by atoms with Crippen molar-refractivity contribution in [2.45, 2.75) is 122 Å². The van der Waals surface area contributed by atoms with E-state index in [9.17, 15) is 33.6 Å². The van der Waals surface area contributed by atoms with Gasteiger partial charge in [0, 0.05) is 19.5 Å². The van der Waals surface area contributed by atoms with E-state index in [4.69, 9.17) is 15.2 Å². The summed E-state index contributed by atoms with van der Waals surface area (Å²) in [6, 6.07) is 8.09. The molecule has 1 fully saturated rings. The Labute approximate surface area is 339 Å². The highest BCUT2D eigenvalue weighted by Gasteiger charge is 2.34. The monoisotopic (exact) mass is 808 g/mol. The van der Waals surface area contributed by atoms with Gasteiger partial charge in [-0.2, -0.15) is 0 Å². The normalized spacial score (nSPS) is 19.9. The Kier molecular flexibility index (Phi) is 17.3. The average Bonchev–Trinajstić information content (AvgIpc) is 3.11. The van der Waals surface area contributed by atoms with E-state index in [-0.39, 0.29) is 31.6 Å². The number of rotatable bonds is 14. The van der Waals surface area contributed by atoms with Crippen molar-refractivity contribution in [1.82, 2.24) is 37.2 Å². The number of benzene rings is 2. The van der Waals surface area contributed by atoms with Crippen LogP contribution in [-0.4, -0.2) is 96.6 Å². The van der Waals surface area contributed by atoms with Gasteiger partial charge in [0.1, 0.15) is 35.4 Å². The number of amides is 6. The van der Waals surface area contributed by atoms with E-state index in [1.807, 2.05) is 42.5 Å². The van der Waals surface area contributed by atoms with Crippen LogP contribution in [0.15, 0.2) is 54.9 Å². The summed E-state index contributed by atoms with van der Waals surface area (Å²) in [7, 11) is 0. The number of hydrogen-bond donors (Lipinski definition) is 8. The lowest BCUT2D eigenvalue weighted by Gasteiger charge is -2.26. The number of unbranched alkanes of at least 4 members (excludes halogenated alkanes) is 1. The third-order valence-corrected chi connectivity index (χ3v) is 8.63. The number of alkyl carbamates (subject to hydrolysis) is 1. The molecule has 58 heavy (non-hydrogen) atoms. The Morgan fingerprint density at radius 2 is 1.28 bits per heavy atom. The number of ether oxygens (including phenoxy) is 2. The molecule has 1 saturated heterocycles. The van der Waals surface area contributed by atoms with Gasteiger partial charge in [0.2, 0.25) is 29.5 Å². The molecule has 4 unspecified atom stereocenters. The van der Waals surface area contributed by atoms with Crippen LogP contribution in [0.3, 0.4) is 0 Å². The summed E-state index contributed by atoms with van der Waals surface area (Å²) < 4.78 is 10.7. The van der Waals surface area contributed by atoms with Crippen molar-refractivity contribution in [3.8, 4) is 0 Å². The summed E-state index contributed by atoms with van der Waals surface area (Å²) in [6.07, 6.45) is 0.138. The van der Waals surface area contributed by atoms with Gasteiger partial charge in [0.25, 0.3) is 0 Å². The summed E-state index contributed by atoms with van der Waals surface area (Å²) in [5, 5.41) is 20.6. The van der Waals surface area contributed by atoms with Gasteiger partial charge in [-0.3, -0.25) is 28.8 Å². The number of nitrogens with two attached hydrogens (primary N) is 1. The third-order valence-electron chi connectivity index (χ3n) is 8.63. The highest BCUT2D eigenvalue weighted by molar-refractivity contribution is 5.98. The number of carbonyl (C=O) groups excluding carboxylic acids is 7. The fourth-order valence-corrected chi connectivity index (χ4v) is 5.99. The molecule has 17 heteroatoms. The molecule has 0 bridgehead atoms. The molecule has 0 saturated carbocycles. The van der Waals surface area contributed by atoms with Crippen LogP contribution >= 0.6 is 0 Å². The van der Waals surface area contributed by atoms with Crippen LogP contribution in [0.5, 0.6) is 0 Å². The highest BCUT2D eigenvalue weighted by atomic mass is 16.6. The first kappa shape index (κ1) is 46.5. The van der Waals surface area contributed by atoms with Gasteiger partial charge < -0.3 is 52.4 Å². The summed E-state index contributed by atoms with van der Waals surface area (Å²) >= 11 is 0. The maximum absolute atomic E-state index is 14.3. The summed E-state index contributed by atoms with van der Waals surface area (Å²) in [6.45, 7) is 13.7. The predicted molar refractivity (Wildman–Crippen MR) is 217 cm³/mol. The molecule has 0 spiro atoms. The lowest BCUT2D eigenvalue weighted by atomic mass is 10.00. The summed E-state index contributed by atoms with van der Waals surface area (Å²) in [4.78, 5) is 94.0. The average molecular weight is 809 g/mol. The predicted octanol–water partition coefficient (Wildman–Crippen LogP) is 1.68. The first-order valence-electron chi connectivity index (χ1n) is 19.5. The van der Waals surface area contributed by atoms with E-state index < -0.39 is 89.9 Å². The Hall–Kier alpha value is -5.87. The number of esters is 1. The molecule has 17 nitrogen and oxygen atoms in total. The molecule has 9 N–H and O–H groups in total. The lowest BCUT2D eigenvalue weighted by Crippen LogP contribution is -2.58. The zero-order valence-corrected chi connectivity index (χ0v) is 34.4. The second-order valence-corrected chi connectivity index (χ2v) is 16.2. The van der Waals surface area contributed by atoms with Crippen LogP contribution in [0, 0.1) is 0 Å². The number of fused-ring (bicyclic) bond motifs is 1. The van der Waals surface area contributed by atoms with Gasteiger partial charge in [-0.1, -0.05) is 49.0 Å². The van der Waals surface area contributed by atoms with Crippen molar-refractivity contribution in [2.24, 2.45) is 5.73 Å². The SMILES string of the molecule is C=C(N)NCCCC1NC(=O)C(CCCCNC(=O)OC(C)(C)C)NC(=O)C(Cc2ccc3ccccc3c2)NC(=O)C(CC(=O)OC(C)(C)C)NC(=O)CNC1=O. The van der Waals surface area contributed by atoms with E-state index in [1.165, 1.54) is 0 Å². The Bertz CT molecular complexity index is 1800. The van der Waals surface area contributed by atoms with Crippen molar-refractivity contribution < 1.29 is 43.0 Å². The largest absolute Gasteiger partial charge is 0.460 e. The quantitative estimate of drug-likeness (QED) is 0.101. The van der Waals surface area contributed by atoms with Crippen LogP contribution < -0.4 is 43.0 Å². The van der Waals surface area contributed by atoms with E-state index >= 15 is 0 Å². The van der Waals surface area contributed by atoms with Crippen molar-refractivity contribution >= 4 is 52.4 Å². The first-order valence-corrected chi connectivity index (χ1v) is 19.5. The Balaban J connectivity index is 1.98. The van der Waals surface area contributed by atoms with Gasteiger partial charge in [-0.25, -0.2) is 4.79 Å². The van der Waals surface area contributed by atoms with Crippen molar-refractivity contribution in [1.29, 1.82) is 0 Å². The zero-order chi connectivity index (χ0) is 43.0. The first-order chi connectivity index (χ1) is 27.2. The molecule has 0 radical (unpaired) electrons. The van der Waals surface area contributed by atoms with Gasteiger partial charge >= 0.3 is 12.1 Å². The Morgan fingerprint density at radius 1 is 0.707 bits per heavy atom. The van der Waals surface area contributed by atoms with Crippen LogP contribution in [0.2, 0.25) is 0 Å². The van der Waals surface area contributed by atoms with Crippen molar-refractivity contribution in [3.05, 3.63) is 60.4 Å². The molecule has 2 aromatic carbocycles. The van der Waals surface area contributed by atoms with Crippen molar-refractivity contribution in [3.63, 3.8) is 0 Å². The Morgan fingerprint density at radius 3 is 1.93 bits per heavy atom. The molecular weight excluding hydrogens is 748 g/mol. The van der Waals surface area contributed by atoms with Crippen LogP contribution in [0.25, 0.3) is 10.8 Å². The minimum absolute atomic E-state index is 0.0221. The molecule has 318 valence electrons. The van der Waals surface area contributed by atoms with Gasteiger partial charge in [-0.15, -0.1) is 0 Å². The number of hydrogen-bond acceptors (Lipinski definition) is 11. The molecule has 6 amide bonds. The molecule has 1 aliphatic rings. The second kappa shape index (κ2) is 21.6. The second-order valence-electron chi connectivity index (χ2n) is 16.2. The molecule has 1 heterocycles. The third kappa shape index (κ3) is 17.1. The van der Waals surface area contributed by atoms with Gasteiger partial charge in [0.15, 0.2) is 0 Å². The zero-order valence-electron chi connectivity index (χ0n) is 34.4. The van der Waals surface area contributed by atoms with Crippen LogP contribution in [0.1, 0.15) is 85.6 Å². The smallest absolute Gasteiger partial charge is 0.407 e. The summed E-state index contributed by atoms with van der Waals surface area (Å²) in [5.74, 6) is -4.32. The standard InChI is InChI=1S/C41H60N8O9/c1-25(42)43-20-12-16-29-35(52)45-24-33(50)46-32(23-34(51)57-40(2,3)4)38(55)49-31(22-26-17-18-27-13-8-9-14-28(27)21-26)37(54)48-30(36(53)47-29)15-10-11-19-44-39(56)58-41(5,6)7/h8-9,13-14,17-18,21,29-32,43H,1,10-12,15-16,19-20,22-24,42H2,2-7H3,(H,44,56)(H,45,52)(H,46,50)(H,47,53)(H,48,54)(H,49,55). The minimum atomic E-state index is -1.49. The molecule has 4 atom stereocenters. The molecule has 0 aliphatic carbocycles. The lowest BCUT2D eigenvalue weighted by molar-refractivity contribution is -0.156. The van der Waals surface area contributed by atoms with Gasteiger partial charge in [0.05, 0.1) is 18.8 Å². The van der Waals surface area contributed by atoms with Crippen LogP contribution in [-0.2, 0) is 44.7 Å². The topological polar surface area (TPSA) is 248 Å². The van der Waals surface area contributed by atoms with E-state index in [2.05, 4.69) is 43.8 Å². The number of carbonyl (C=O) groups is 7. The molecule has 3 rings (SSSR count). The fraction of sp³-hybridized carbons (Fsp3) is 0.537.